The lowest BCUT2D eigenvalue weighted by atomic mass is 10.1. The van der Waals surface area contributed by atoms with Crippen LogP contribution in [0.1, 0.15) is 42.4 Å². The number of ether oxygens (including phenoxy) is 2. The standard InChI is InChI=1S/C30H30ClN3O5/c1-18-9-12-21(13-10-18)33-27(35)23-16-20(31)11-14-26(23)38-28(36)25(34-29(37)39-30(2,3)4)17-22-15-19-7-5-6-8-24(19)32-22/h5-16,25,32H,17H2,1-4H3,(H,33,35)(H,34,37)/t25-/m0/s1. The summed E-state index contributed by atoms with van der Waals surface area (Å²) in [5.41, 5.74) is 2.53. The molecule has 9 heteroatoms. The Morgan fingerprint density at radius 3 is 2.38 bits per heavy atom. The normalized spacial score (nSPS) is 12.0. The van der Waals surface area contributed by atoms with Gasteiger partial charge < -0.3 is 25.1 Å². The number of aryl methyl sites for hydroxylation is 1. The zero-order valence-corrected chi connectivity index (χ0v) is 22.9. The largest absolute Gasteiger partial charge is 0.444 e. The van der Waals surface area contributed by atoms with Gasteiger partial charge in [0.1, 0.15) is 17.4 Å². The van der Waals surface area contributed by atoms with E-state index in [0.717, 1.165) is 16.5 Å². The number of aromatic nitrogens is 1. The van der Waals surface area contributed by atoms with E-state index < -0.39 is 29.6 Å². The number of esters is 1. The van der Waals surface area contributed by atoms with Crippen LogP contribution in [-0.4, -0.2) is 34.6 Å². The topological polar surface area (TPSA) is 110 Å². The maximum Gasteiger partial charge on any atom is 0.408 e. The van der Waals surface area contributed by atoms with Gasteiger partial charge in [-0.1, -0.05) is 47.5 Å². The fraction of sp³-hybridized carbons (Fsp3) is 0.233. The van der Waals surface area contributed by atoms with E-state index in [9.17, 15) is 14.4 Å². The summed E-state index contributed by atoms with van der Waals surface area (Å²) in [6, 6.07) is 20.1. The van der Waals surface area contributed by atoms with Gasteiger partial charge >= 0.3 is 12.1 Å². The molecule has 0 aliphatic heterocycles. The summed E-state index contributed by atoms with van der Waals surface area (Å²) < 4.78 is 11.0. The molecule has 3 aromatic carbocycles. The Morgan fingerprint density at radius 2 is 1.69 bits per heavy atom. The van der Waals surface area contributed by atoms with Crippen LogP contribution in [0.5, 0.6) is 5.75 Å². The second-order valence-electron chi connectivity index (χ2n) is 10.2. The molecule has 0 bridgehead atoms. The first-order chi connectivity index (χ1) is 18.5. The van der Waals surface area contributed by atoms with Crippen molar-refractivity contribution in [2.24, 2.45) is 0 Å². The third-order valence-corrected chi connectivity index (χ3v) is 5.93. The fourth-order valence-corrected chi connectivity index (χ4v) is 4.06. The van der Waals surface area contributed by atoms with Crippen LogP contribution in [0.15, 0.2) is 72.8 Å². The highest BCUT2D eigenvalue weighted by molar-refractivity contribution is 6.31. The van der Waals surface area contributed by atoms with Gasteiger partial charge in [-0.15, -0.1) is 0 Å². The number of amides is 2. The molecule has 2 amide bonds. The quantitative estimate of drug-likeness (QED) is 0.183. The summed E-state index contributed by atoms with van der Waals surface area (Å²) in [5.74, 6) is -1.27. The molecule has 4 aromatic rings. The van der Waals surface area contributed by atoms with Gasteiger partial charge in [-0.2, -0.15) is 0 Å². The van der Waals surface area contributed by atoms with Gasteiger partial charge in [-0.25, -0.2) is 9.59 Å². The molecule has 0 fully saturated rings. The lowest BCUT2D eigenvalue weighted by Gasteiger charge is -2.23. The molecule has 39 heavy (non-hydrogen) atoms. The number of H-pyrrole nitrogens is 1. The highest BCUT2D eigenvalue weighted by Crippen LogP contribution is 2.25. The van der Waals surface area contributed by atoms with E-state index in [0.29, 0.717) is 16.4 Å². The summed E-state index contributed by atoms with van der Waals surface area (Å²) in [6.07, 6.45) is -0.667. The summed E-state index contributed by atoms with van der Waals surface area (Å²) >= 11 is 6.16. The molecule has 0 unspecified atom stereocenters. The fourth-order valence-electron chi connectivity index (χ4n) is 3.89. The molecule has 1 atom stereocenters. The molecule has 0 saturated carbocycles. The molecular weight excluding hydrogens is 518 g/mol. The van der Waals surface area contributed by atoms with E-state index in [1.165, 1.54) is 18.2 Å². The molecule has 202 valence electrons. The molecule has 0 radical (unpaired) electrons. The number of aromatic amines is 1. The number of benzene rings is 3. The van der Waals surface area contributed by atoms with Gasteiger partial charge in [0, 0.05) is 28.3 Å². The average molecular weight is 548 g/mol. The number of anilines is 1. The lowest BCUT2D eigenvalue weighted by Crippen LogP contribution is -2.46. The first-order valence-electron chi connectivity index (χ1n) is 12.4. The Hall–Kier alpha value is -4.30. The summed E-state index contributed by atoms with van der Waals surface area (Å²) in [7, 11) is 0. The van der Waals surface area contributed by atoms with Crippen LogP contribution in [-0.2, 0) is 16.0 Å². The number of hydrogen-bond donors (Lipinski definition) is 3. The van der Waals surface area contributed by atoms with Gasteiger partial charge in [0.05, 0.1) is 5.56 Å². The lowest BCUT2D eigenvalue weighted by molar-refractivity contribution is -0.136. The molecule has 1 aromatic heterocycles. The van der Waals surface area contributed by atoms with Crippen molar-refractivity contribution in [2.45, 2.75) is 45.8 Å². The molecule has 4 rings (SSSR count). The molecule has 1 heterocycles. The van der Waals surface area contributed by atoms with Gasteiger partial charge in [0.2, 0.25) is 0 Å². The van der Waals surface area contributed by atoms with Crippen LogP contribution >= 0.6 is 11.6 Å². The molecule has 8 nitrogen and oxygen atoms in total. The first-order valence-corrected chi connectivity index (χ1v) is 12.8. The summed E-state index contributed by atoms with van der Waals surface area (Å²) in [4.78, 5) is 42.4. The molecule has 0 spiro atoms. The minimum atomic E-state index is -1.11. The van der Waals surface area contributed by atoms with Crippen molar-refractivity contribution in [3.05, 3.63) is 94.6 Å². The SMILES string of the molecule is Cc1ccc(NC(=O)c2cc(Cl)ccc2OC(=O)[C@H](Cc2cc3ccccc3[nH]2)NC(=O)OC(C)(C)C)cc1. The minimum absolute atomic E-state index is 0.00153. The van der Waals surface area contributed by atoms with Crippen molar-refractivity contribution in [1.82, 2.24) is 10.3 Å². The highest BCUT2D eigenvalue weighted by atomic mass is 35.5. The summed E-state index contributed by atoms with van der Waals surface area (Å²) in [5, 5.41) is 6.65. The number of carbonyl (C=O) groups is 3. The predicted molar refractivity (Wildman–Crippen MR) is 151 cm³/mol. The van der Waals surface area contributed by atoms with E-state index in [-0.39, 0.29) is 17.7 Å². The van der Waals surface area contributed by atoms with E-state index in [4.69, 9.17) is 21.1 Å². The summed E-state index contributed by atoms with van der Waals surface area (Å²) in [6.45, 7) is 7.12. The minimum Gasteiger partial charge on any atom is -0.444 e. The number of para-hydroxylation sites is 1. The number of halogens is 1. The maximum atomic E-state index is 13.4. The molecular formula is C30H30ClN3O5. The van der Waals surface area contributed by atoms with E-state index in [1.807, 2.05) is 49.4 Å². The van der Waals surface area contributed by atoms with Crippen molar-refractivity contribution < 1.29 is 23.9 Å². The third-order valence-electron chi connectivity index (χ3n) is 5.69. The molecule has 0 aliphatic rings. The average Bonchev–Trinajstić information content (AvgIpc) is 3.27. The third kappa shape index (κ3) is 7.61. The van der Waals surface area contributed by atoms with E-state index in [1.54, 1.807) is 32.9 Å². The highest BCUT2D eigenvalue weighted by Gasteiger charge is 2.28. The van der Waals surface area contributed by atoms with Crippen LogP contribution in [0.3, 0.4) is 0 Å². The van der Waals surface area contributed by atoms with Gasteiger partial charge in [0.15, 0.2) is 0 Å². The molecule has 0 aliphatic carbocycles. The Labute approximate surface area is 231 Å². The Kier molecular flexibility index (Phi) is 8.26. The van der Waals surface area contributed by atoms with Gasteiger partial charge in [-0.3, -0.25) is 4.79 Å². The monoisotopic (exact) mass is 547 g/mol. The van der Waals surface area contributed by atoms with Crippen molar-refractivity contribution in [3.63, 3.8) is 0 Å². The number of carbonyl (C=O) groups excluding carboxylic acids is 3. The van der Waals surface area contributed by atoms with Crippen molar-refractivity contribution in [2.75, 3.05) is 5.32 Å². The van der Waals surface area contributed by atoms with Gasteiger partial charge in [-0.05, 0) is 75.5 Å². The van der Waals surface area contributed by atoms with Gasteiger partial charge in [0.25, 0.3) is 5.91 Å². The van der Waals surface area contributed by atoms with E-state index in [2.05, 4.69) is 15.6 Å². The van der Waals surface area contributed by atoms with E-state index >= 15 is 0 Å². The number of hydrogen-bond acceptors (Lipinski definition) is 5. The second-order valence-corrected chi connectivity index (χ2v) is 10.6. The number of alkyl carbamates (subject to hydrolysis) is 1. The van der Waals surface area contributed by atoms with Crippen LogP contribution in [0.4, 0.5) is 10.5 Å². The van der Waals surface area contributed by atoms with Crippen LogP contribution in [0, 0.1) is 6.92 Å². The Morgan fingerprint density at radius 1 is 0.974 bits per heavy atom. The Balaban J connectivity index is 1.58. The van der Waals surface area contributed by atoms with Crippen LogP contribution in [0.25, 0.3) is 10.9 Å². The first kappa shape index (κ1) is 27.7. The smallest absolute Gasteiger partial charge is 0.408 e. The Bertz CT molecular complexity index is 1470. The van der Waals surface area contributed by atoms with Crippen LogP contribution < -0.4 is 15.4 Å². The number of fused-ring (bicyclic) bond motifs is 1. The zero-order chi connectivity index (χ0) is 28.2. The maximum absolute atomic E-state index is 13.4. The molecule has 3 N–H and O–H groups in total. The number of rotatable bonds is 7. The second kappa shape index (κ2) is 11.6. The zero-order valence-electron chi connectivity index (χ0n) is 22.1. The molecule has 0 saturated heterocycles. The van der Waals surface area contributed by atoms with Crippen molar-refractivity contribution >= 4 is 46.2 Å². The number of nitrogens with one attached hydrogen (secondary N) is 3. The van der Waals surface area contributed by atoms with Crippen LogP contribution in [0.2, 0.25) is 5.02 Å². The van der Waals surface area contributed by atoms with Crippen molar-refractivity contribution in [1.29, 1.82) is 0 Å². The predicted octanol–water partition coefficient (Wildman–Crippen LogP) is 6.42. The van der Waals surface area contributed by atoms with Crippen molar-refractivity contribution in [3.8, 4) is 5.75 Å².